The minimum absolute atomic E-state index is 0.186. The Morgan fingerprint density at radius 2 is 2.00 bits per heavy atom. The number of nitrogens with one attached hydrogen (secondary N) is 2. The number of carbonyl (C=O) groups is 1. The van der Waals surface area contributed by atoms with E-state index in [9.17, 15) is 13.2 Å². The zero-order valence-electron chi connectivity index (χ0n) is 17.0. The molecule has 4 N–H and O–H groups in total. The van der Waals surface area contributed by atoms with E-state index >= 15 is 0 Å². The van der Waals surface area contributed by atoms with Crippen molar-refractivity contribution in [2.75, 3.05) is 33.8 Å². The molecule has 0 atom stereocenters. The molecule has 1 aliphatic carbocycles. The molecular formula is C22H25N5O3S. The normalized spacial score (nSPS) is 17.3. The summed E-state index contributed by atoms with van der Waals surface area (Å²) in [5, 5.41) is 6.46. The van der Waals surface area contributed by atoms with Crippen molar-refractivity contribution >= 4 is 38.8 Å². The lowest BCUT2D eigenvalue weighted by atomic mass is 10.1. The summed E-state index contributed by atoms with van der Waals surface area (Å²) in [6, 6.07) is 8.88. The predicted molar refractivity (Wildman–Crippen MR) is 123 cm³/mol. The molecule has 1 aromatic carbocycles. The van der Waals surface area contributed by atoms with Crippen molar-refractivity contribution in [2.24, 2.45) is 5.73 Å². The maximum atomic E-state index is 12.1. The van der Waals surface area contributed by atoms with Gasteiger partial charge in [-0.1, -0.05) is 18.2 Å². The average molecular weight is 440 g/mol. The number of allylic oxidation sites excluding steroid dienone is 2. The molecule has 1 saturated heterocycles. The standard InChI is InChI=1S/C22H25N5O3S/c23-22(28)19-15-25-21(13-20(19)24-14-16-5-2-1-3-6-16)26-17-7-9-18(10-8-17)27-11-4-12-31(27,29)30/h2,5-10,13,15H,1,3-4,11-12,14H2,(H2,23,28)(H2,24,25,26). The molecule has 1 aliphatic heterocycles. The lowest BCUT2D eigenvalue weighted by Gasteiger charge is -2.17. The number of carbonyl (C=O) groups excluding carboxylic acids is 1. The third-order valence-corrected chi connectivity index (χ3v) is 7.12. The van der Waals surface area contributed by atoms with Crippen LogP contribution in [-0.2, 0) is 10.0 Å². The van der Waals surface area contributed by atoms with E-state index in [-0.39, 0.29) is 5.75 Å². The molecule has 0 spiro atoms. The fraction of sp³-hybridized carbons (Fsp3) is 0.273. The largest absolute Gasteiger partial charge is 0.380 e. The maximum Gasteiger partial charge on any atom is 0.252 e. The summed E-state index contributed by atoms with van der Waals surface area (Å²) < 4.78 is 25.6. The number of amides is 1. The Morgan fingerprint density at radius 1 is 1.19 bits per heavy atom. The second kappa shape index (κ2) is 8.81. The highest BCUT2D eigenvalue weighted by Gasteiger charge is 2.28. The number of aromatic nitrogens is 1. The monoisotopic (exact) mass is 439 g/mol. The van der Waals surface area contributed by atoms with E-state index in [4.69, 9.17) is 5.73 Å². The van der Waals surface area contributed by atoms with Crippen LogP contribution >= 0.6 is 0 Å². The molecule has 2 heterocycles. The van der Waals surface area contributed by atoms with E-state index in [1.54, 1.807) is 30.3 Å². The molecule has 0 unspecified atom stereocenters. The number of primary amides is 1. The Bertz CT molecular complexity index is 1140. The molecule has 2 aliphatic rings. The van der Waals surface area contributed by atoms with Gasteiger partial charge in [0.25, 0.3) is 5.91 Å². The van der Waals surface area contributed by atoms with Crippen LogP contribution in [0.25, 0.3) is 0 Å². The lowest BCUT2D eigenvalue weighted by Crippen LogP contribution is -2.24. The fourth-order valence-electron chi connectivity index (χ4n) is 3.65. The topological polar surface area (TPSA) is 117 Å². The highest BCUT2D eigenvalue weighted by Crippen LogP contribution is 2.27. The Morgan fingerprint density at radius 3 is 2.65 bits per heavy atom. The van der Waals surface area contributed by atoms with Crippen molar-refractivity contribution in [1.82, 2.24) is 4.98 Å². The Labute approximate surface area is 181 Å². The van der Waals surface area contributed by atoms with Crippen molar-refractivity contribution in [3.63, 3.8) is 0 Å². The molecular weight excluding hydrogens is 414 g/mol. The first-order valence-corrected chi connectivity index (χ1v) is 11.8. The van der Waals surface area contributed by atoms with Gasteiger partial charge in [0.15, 0.2) is 0 Å². The van der Waals surface area contributed by atoms with E-state index in [0.29, 0.717) is 42.3 Å². The van der Waals surface area contributed by atoms with Crippen LogP contribution in [-0.4, -0.2) is 38.2 Å². The van der Waals surface area contributed by atoms with Crippen LogP contribution in [0.1, 0.15) is 29.6 Å². The van der Waals surface area contributed by atoms with Crippen LogP contribution < -0.4 is 20.7 Å². The Balaban J connectivity index is 1.49. The zero-order chi connectivity index (χ0) is 21.8. The van der Waals surface area contributed by atoms with Crippen molar-refractivity contribution in [3.05, 3.63) is 65.9 Å². The van der Waals surface area contributed by atoms with E-state index in [1.807, 2.05) is 0 Å². The molecule has 0 radical (unpaired) electrons. The predicted octanol–water partition coefficient (Wildman–Crippen LogP) is 3.15. The summed E-state index contributed by atoms with van der Waals surface area (Å²) in [6.45, 7) is 1.09. The van der Waals surface area contributed by atoms with Crippen LogP contribution in [0.3, 0.4) is 0 Å². The van der Waals surface area contributed by atoms with E-state index in [1.165, 1.54) is 10.5 Å². The van der Waals surface area contributed by atoms with E-state index in [2.05, 4.69) is 33.8 Å². The van der Waals surface area contributed by atoms with E-state index in [0.717, 1.165) is 24.1 Å². The minimum atomic E-state index is -3.21. The van der Waals surface area contributed by atoms with Crippen LogP contribution in [0.15, 0.2) is 60.3 Å². The first-order valence-electron chi connectivity index (χ1n) is 10.2. The zero-order valence-corrected chi connectivity index (χ0v) is 17.9. The molecule has 8 nitrogen and oxygen atoms in total. The van der Waals surface area contributed by atoms with Gasteiger partial charge in [-0.2, -0.15) is 0 Å². The summed E-state index contributed by atoms with van der Waals surface area (Å²) in [5.74, 6) is 0.180. The van der Waals surface area contributed by atoms with Gasteiger partial charge < -0.3 is 16.4 Å². The third kappa shape index (κ3) is 4.88. The van der Waals surface area contributed by atoms with Crippen molar-refractivity contribution in [3.8, 4) is 0 Å². The summed E-state index contributed by atoms with van der Waals surface area (Å²) in [7, 11) is -3.21. The fourth-order valence-corrected chi connectivity index (χ4v) is 5.22. The van der Waals surface area contributed by atoms with Crippen LogP contribution in [0.5, 0.6) is 0 Å². The highest BCUT2D eigenvalue weighted by atomic mass is 32.2. The van der Waals surface area contributed by atoms with Gasteiger partial charge in [0.1, 0.15) is 5.82 Å². The van der Waals surface area contributed by atoms with Gasteiger partial charge in [-0.25, -0.2) is 13.4 Å². The molecule has 1 amide bonds. The summed E-state index contributed by atoms with van der Waals surface area (Å²) in [5.41, 5.74) is 8.98. The second-order valence-corrected chi connectivity index (χ2v) is 9.52. The number of hydrogen-bond donors (Lipinski definition) is 3. The van der Waals surface area contributed by atoms with Gasteiger partial charge in [0, 0.05) is 31.0 Å². The van der Waals surface area contributed by atoms with Gasteiger partial charge in [0.2, 0.25) is 10.0 Å². The molecule has 2 aromatic rings. The molecule has 1 aromatic heterocycles. The summed E-state index contributed by atoms with van der Waals surface area (Å²) >= 11 is 0. The smallest absolute Gasteiger partial charge is 0.252 e. The number of nitrogens with zero attached hydrogens (tertiary/aromatic N) is 2. The summed E-state index contributed by atoms with van der Waals surface area (Å²) in [4.78, 5) is 16.1. The number of sulfonamides is 1. The van der Waals surface area contributed by atoms with Gasteiger partial charge in [0.05, 0.1) is 22.7 Å². The molecule has 31 heavy (non-hydrogen) atoms. The van der Waals surface area contributed by atoms with Crippen molar-refractivity contribution in [1.29, 1.82) is 0 Å². The molecule has 1 fully saturated rings. The third-order valence-electron chi connectivity index (χ3n) is 5.25. The highest BCUT2D eigenvalue weighted by molar-refractivity contribution is 7.93. The number of pyridine rings is 1. The maximum absolute atomic E-state index is 12.1. The van der Waals surface area contributed by atoms with Gasteiger partial charge >= 0.3 is 0 Å². The number of rotatable bonds is 7. The quantitative estimate of drug-likeness (QED) is 0.610. The van der Waals surface area contributed by atoms with Crippen LogP contribution in [0, 0.1) is 0 Å². The number of benzene rings is 1. The molecule has 0 saturated carbocycles. The number of hydrogen-bond acceptors (Lipinski definition) is 6. The van der Waals surface area contributed by atoms with Gasteiger partial charge in [-0.05, 0) is 49.1 Å². The van der Waals surface area contributed by atoms with Crippen LogP contribution in [0.2, 0.25) is 0 Å². The van der Waals surface area contributed by atoms with Gasteiger partial charge in [-0.15, -0.1) is 0 Å². The van der Waals surface area contributed by atoms with E-state index < -0.39 is 15.9 Å². The van der Waals surface area contributed by atoms with Crippen LogP contribution in [0.4, 0.5) is 22.9 Å². The minimum Gasteiger partial charge on any atom is -0.380 e. The molecule has 9 heteroatoms. The SMILES string of the molecule is NC(=O)c1cnc(Nc2ccc(N3CCCS3(=O)=O)cc2)cc1NCC1=CCCC=C1. The first-order chi connectivity index (χ1) is 14.9. The second-order valence-electron chi connectivity index (χ2n) is 7.51. The Kier molecular flexibility index (Phi) is 5.94. The van der Waals surface area contributed by atoms with Gasteiger partial charge in [-0.3, -0.25) is 9.10 Å². The van der Waals surface area contributed by atoms with Crippen molar-refractivity contribution in [2.45, 2.75) is 19.3 Å². The van der Waals surface area contributed by atoms with Crippen molar-refractivity contribution < 1.29 is 13.2 Å². The molecule has 4 rings (SSSR count). The average Bonchev–Trinajstić information content (AvgIpc) is 3.12. The molecule has 162 valence electrons. The number of nitrogens with two attached hydrogens (primary N) is 1. The number of anilines is 4. The molecule has 0 bridgehead atoms. The summed E-state index contributed by atoms with van der Waals surface area (Å²) in [6.07, 6.45) is 10.5. The lowest BCUT2D eigenvalue weighted by molar-refractivity contribution is 0.100. The first kappa shape index (κ1) is 20.9. The Hall–Kier alpha value is -3.33.